The lowest BCUT2D eigenvalue weighted by molar-refractivity contribution is 0.426. The minimum absolute atomic E-state index is 0.525. The maximum atomic E-state index is 8.58. The van der Waals surface area contributed by atoms with Gasteiger partial charge < -0.3 is 10.0 Å². The van der Waals surface area contributed by atoms with Gasteiger partial charge in [-0.25, -0.2) is 0 Å². The lowest BCUT2D eigenvalue weighted by atomic mass is 9.81. The smallest absolute Gasteiger partial charge is 0.423 e. The summed E-state index contributed by atoms with van der Waals surface area (Å²) in [5, 5.41) is 17.2. The molecule has 5 rings (SSSR count). The SMILES string of the molecule is Brc1cc(-c2ccccc2)cc(-c2ccccc2)c1.Brc1cc(Br)cc(Br)c1.OB(O)c1ccccc1. The predicted octanol–water partition coefficient (Wildman–Crippen LogP) is 9.12. The van der Waals surface area contributed by atoms with E-state index in [1.54, 1.807) is 24.3 Å². The summed E-state index contributed by atoms with van der Waals surface area (Å²) in [6.45, 7) is 0. The summed E-state index contributed by atoms with van der Waals surface area (Å²) in [6, 6.07) is 42.1. The van der Waals surface area contributed by atoms with E-state index in [9.17, 15) is 0 Å². The Labute approximate surface area is 252 Å². The largest absolute Gasteiger partial charge is 0.488 e. The monoisotopic (exact) mass is 742 g/mol. The Hall–Kier alpha value is -2.00. The van der Waals surface area contributed by atoms with Crippen molar-refractivity contribution in [2.24, 2.45) is 0 Å². The first kappa shape index (κ1) is 29.6. The number of hydrogen-bond acceptors (Lipinski definition) is 2. The fraction of sp³-hybridized carbons (Fsp3) is 0. The zero-order chi connectivity index (χ0) is 26.6. The van der Waals surface area contributed by atoms with Crippen molar-refractivity contribution in [3.63, 3.8) is 0 Å². The van der Waals surface area contributed by atoms with E-state index in [1.807, 2.05) is 36.4 Å². The Balaban J connectivity index is 0.000000176. The van der Waals surface area contributed by atoms with E-state index in [4.69, 9.17) is 10.0 Å². The number of rotatable bonds is 3. The van der Waals surface area contributed by atoms with Gasteiger partial charge in [-0.1, -0.05) is 155 Å². The molecule has 5 aromatic rings. The maximum absolute atomic E-state index is 8.58. The van der Waals surface area contributed by atoms with Gasteiger partial charge in [-0.05, 0) is 64.1 Å². The Morgan fingerprint density at radius 3 is 1.03 bits per heavy atom. The van der Waals surface area contributed by atoms with Crippen LogP contribution in [0.2, 0.25) is 0 Å². The lowest BCUT2D eigenvalue weighted by Gasteiger charge is -2.07. The van der Waals surface area contributed by atoms with Crippen LogP contribution >= 0.6 is 63.7 Å². The van der Waals surface area contributed by atoms with Crippen molar-refractivity contribution in [2.45, 2.75) is 0 Å². The summed E-state index contributed by atoms with van der Waals surface area (Å²) in [6.07, 6.45) is 0. The second kappa shape index (κ2) is 15.4. The average Bonchev–Trinajstić information content (AvgIpc) is 2.90. The first-order chi connectivity index (χ1) is 17.8. The molecule has 2 nitrogen and oxygen atoms in total. The highest BCUT2D eigenvalue weighted by Gasteiger charge is 2.07. The second-order valence-electron chi connectivity index (χ2n) is 7.83. The molecule has 0 bridgehead atoms. The van der Waals surface area contributed by atoms with Gasteiger partial charge in [0.05, 0.1) is 0 Å². The molecule has 0 atom stereocenters. The molecule has 0 amide bonds. The molecule has 0 aromatic heterocycles. The normalized spacial score (nSPS) is 9.89. The maximum Gasteiger partial charge on any atom is 0.488 e. The van der Waals surface area contributed by atoms with Crippen molar-refractivity contribution >= 4 is 76.3 Å². The summed E-state index contributed by atoms with van der Waals surface area (Å²) < 4.78 is 4.32. The van der Waals surface area contributed by atoms with Gasteiger partial charge in [0.1, 0.15) is 0 Å². The molecule has 0 unspecified atom stereocenters. The van der Waals surface area contributed by atoms with Crippen LogP contribution in [0.25, 0.3) is 22.3 Å². The molecule has 0 aliphatic rings. The van der Waals surface area contributed by atoms with Gasteiger partial charge in [0.25, 0.3) is 0 Å². The highest BCUT2D eigenvalue weighted by molar-refractivity contribution is 9.11. The van der Waals surface area contributed by atoms with E-state index in [0.717, 1.165) is 17.9 Å². The third kappa shape index (κ3) is 10.4. The molecule has 0 aliphatic carbocycles. The van der Waals surface area contributed by atoms with Crippen molar-refractivity contribution < 1.29 is 10.0 Å². The molecule has 37 heavy (non-hydrogen) atoms. The zero-order valence-corrected chi connectivity index (χ0v) is 26.0. The third-order valence-corrected chi connectivity index (χ3v) is 6.87. The van der Waals surface area contributed by atoms with Crippen molar-refractivity contribution in [1.29, 1.82) is 0 Å². The van der Waals surface area contributed by atoms with E-state index in [1.165, 1.54) is 22.3 Å². The second-order valence-corrected chi connectivity index (χ2v) is 11.5. The van der Waals surface area contributed by atoms with Crippen LogP contribution in [0.4, 0.5) is 0 Å². The topological polar surface area (TPSA) is 40.5 Å². The van der Waals surface area contributed by atoms with E-state index >= 15 is 0 Å². The minimum Gasteiger partial charge on any atom is -0.423 e. The molecule has 0 heterocycles. The van der Waals surface area contributed by atoms with Crippen molar-refractivity contribution in [3.8, 4) is 22.3 Å². The van der Waals surface area contributed by atoms with Crippen molar-refractivity contribution in [1.82, 2.24) is 0 Å². The molecule has 0 saturated carbocycles. The van der Waals surface area contributed by atoms with Crippen LogP contribution in [-0.4, -0.2) is 17.2 Å². The van der Waals surface area contributed by atoms with E-state index < -0.39 is 7.12 Å². The van der Waals surface area contributed by atoms with E-state index in [-0.39, 0.29) is 0 Å². The quantitative estimate of drug-likeness (QED) is 0.181. The molecule has 2 N–H and O–H groups in total. The molecule has 0 aliphatic heterocycles. The van der Waals surface area contributed by atoms with Gasteiger partial charge >= 0.3 is 7.12 Å². The van der Waals surface area contributed by atoms with Crippen LogP contribution in [-0.2, 0) is 0 Å². The van der Waals surface area contributed by atoms with Gasteiger partial charge in [0, 0.05) is 17.9 Å². The number of hydrogen-bond donors (Lipinski definition) is 2. The Kier molecular flexibility index (Phi) is 12.3. The average molecular weight is 746 g/mol. The van der Waals surface area contributed by atoms with E-state index in [0.29, 0.717) is 5.46 Å². The molecule has 0 saturated heterocycles. The molecule has 186 valence electrons. The van der Waals surface area contributed by atoms with Crippen LogP contribution in [0.15, 0.2) is 145 Å². The van der Waals surface area contributed by atoms with Crippen molar-refractivity contribution in [3.05, 3.63) is 145 Å². The zero-order valence-electron chi connectivity index (χ0n) is 19.6. The molecule has 5 aromatic carbocycles. The van der Waals surface area contributed by atoms with Gasteiger partial charge in [-0.15, -0.1) is 0 Å². The van der Waals surface area contributed by atoms with Gasteiger partial charge in [0.2, 0.25) is 0 Å². The van der Waals surface area contributed by atoms with Crippen LogP contribution in [0.5, 0.6) is 0 Å². The summed E-state index contributed by atoms with van der Waals surface area (Å²) in [7, 11) is -1.34. The molecule has 0 spiro atoms. The van der Waals surface area contributed by atoms with Crippen LogP contribution < -0.4 is 5.46 Å². The van der Waals surface area contributed by atoms with E-state index in [2.05, 4.69) is 130 Å². The summed E-state index contributed by atoms with van der Waals surface area (Å²) >= 11 is 13.7. The fourth-order valence-corrected chi connectivity index (χ4v) is 6.22. The molecule has 7 heteroatoms. The van der Waals surface area contributed by atoms with Gasteiger partial charge in [-0.3, -0.25) is 0 Å². The standard InChI is InChI=1S/C18H13Br.C6H7BO2.C6H3Br3/c19-18-12-16(14-7-3-1-4-8-14)11-17(13-18)15-9-5-2-6-10-15;8-7(9)6-4-2-1-3-5-6;7-4-1-5(8)3-6(9)2-4/h1-13H;1-5,8-9H;1-3H. The van der Waals surface area contributed by atoms with Gasteiger partial charge in [-0.2, -0.15) is 0 Å². The number of halogens is 4. The minimum atomic E-state index is -1.34. The van der Waals surface area contributed by atoms with Gasteiger partial charge in [0.15, 0.2) is 0 Å². The molecule has 0 radical (unpaired) electrons. The lowest BCUT2D eigenvalue weighted by Crippen LogP contribution is -2.29. The Morgan fingerprint density at radius 1 is 0.378 bits per heavy atom. The van der Waals surface area contributed by atoms with Crippen LogP contribution in [0.3, 0.4) is 0 Å². The first-order valence-corrected chi connectivity index (χ1v) is 14.4. The highest BCUT2D eigenvalue weighted by atomic mass is 79.9. The summed E-state index contributed by atoms with van der Waals surface area (Å²) in [4.78, 5) is 0. The van der Waals surface area contributed by atoms with Crippen LogP contribution in [0.1, 0.15) is 0 Å². The summed E-state index contributed by atoms with van der Waals surface area (Å²) in [5.74, 6) is 0. The number of benzene rings is 5. The molecular formula is C30H23BBr4O2. The fourth-order valence-electron chi connectivity index (χ4n) is 3.33. The molecule has 0 fully saturated rings. The highest BCUT2D eigenvalue weighted by Crippen LogP contribution is 2.30. The van der Waals surface area contributed by atoms with Crippen LogP contribution in [0, 0.1) is 0 Å². The Morgan fingerprint density at radius 2 is 0.703 bits per heavy atom. The first-order valence-electron chi connectivity index (χ1n) is 11.3. The molecular weight excluding hydrogens is 723 g/mol. The predicted molar refractivity (Wildman–Crippen MR) is 171 cm³/mol. The van der Waals surface area contributed by atoms with Crippen molar-refractivity contribution in [2.75, 3.05) is 0 Å². The summed E-state index contributed by atoms with van der Waals surface area (Å²) in [5.41, 5.74) is 5.46. The third-order valence-electron chi connectivity index (χ3n) is 5.04. The Bertz CT molecular complexity index is 1280.